The van der Waals surface area contributed by atoms with E-state index in [-0.39, 0.29) is 48.8 Å². The Hall–Kier alpha value is -3.31. The number of carbonyl (C=O) groups excluding carboxylic acids is 1. The maximum atomic E-state index is 15.7. The van der Waals surface area contributed by atoms with Gasteiger partial charge < -0.3 is 19.9 Å². The van der Waals surface area contributed by atoms with Crippen molar-refractivity contribution in [2.45, 2.75) is 30.9 Å². The minimum absolute atomic E-state index is 0.0233. The summed E-state index contributed by atoms with van der Waals surface area (Å²) in [6.07, 6.45) is -4.75. The number of hydrogen-bond donors (Lipinski definition) is 1. The summed E-state index contributed by atoms with van der Waals surface area (Å²) in [5.41, 5.74) is 4.70. The molecule has 1 amide bonds. The summed E-state index contributed by atoms with van der Waals surface area (Å²) >= 11 is 0. The SMILES string of the molecule is Cn1cnnc1[C@@H](F)C1(c2cccc(N3Cc4c(cc(CN)cc4C(F)(F)F)C3=O)c2)COC1. The zero-order valence-electron chi connectivity index (χ0n) is 18.1. The lowest BCUT2D eigenvalue weighted by atomic mass is 9.74. The van der Waals surface area contributed by atoms with Gasteiger partial charge in [-0.3, -0.25) is 4.79 Å². The second-order valence-corrected chi connectivity index (χ2v) is 8.62. The first-order chi connectivity index (χ1) is 16.2. The summed E-state index contributed by atoms with van der Waals surface area (Å²) in [6, 6.07) is 9.02. The van der Waals surface area contributed by atoms with E-state index in [1.165, 1.54) is 21.9 Å². The third-order valence-electron chi connectivity index (χ3n) is 6.55. The molecule has 1 atom stereocenters. The van der Waals surface area contributed by atoms with E-state index < -0.39 is 29.2 Å². The molecule has 178 valence electrons. The van der Waals surface area contributed by atoms with Gasteiger partial charge in [0, 0.05) is 24.8 Å². The van der Waals surface area contributed by atoms with Gasteiger partial charge in [0.1, 0.15) is 6.33 Å². The van der Waals surface area contributed by atoms with Crippen LogP contribution in [0.25, 0.3) is 0 Å². The lowest BCUT2D eigenvalue weighted by molar-refractivity contribution is -0.138. The highest BCUT2D eigenvalue weighted by atomic mass is 19.4. The molecule has 7 nitrogen and oxygen atoms in total. The second-order valence-electron chi connectivity index (χ2n) is 8.62. The van der Waals surface area contributed by atoms with Gasteiger partial charge in [-0.15, -0.1) is 10.2 Å². The Morgan fingerprint density at radius 3 is 2.59 bits per heavy atom. The van der Waals surface area contributed by atoms with Gasteiger partial charge in [-0.05, 0) is 41.0 Å². The Balaban J connectivity index is 1.53. The van der Waals surface area contributed by atoms with Crippen LogP contribution in [0.3, 0.4) is 0 Å². The van der Waals surface area contributed by atoms with Crippen LogP contribution in [0, 0.1) is 0 Å². The molecule has 34 heavy (non-hydrogen) atoms. The molecular formula is C23H21F4N5O2. The minimum Gasteiger partial charge on any atom is -0.379 e. The number of rotatable bonds is 5. The molecule has 2 aliphatic heterocycles. The van der Waals surface area contributed by atoms with E-state index in [0.29, 0.717) is 11.3 Å². The predicted octanol–water partition coefficient (Wildman–Crippen LogP) is 3.43. The highest BCUT2D eigenvalue weighted by molar-refractivity contribution is 6.10. The first-order valence-electron chi connectivity index (χ1n) is 10.6. The van der Waals surface area contributed by atoms with Crippen LogP contribution in [-0.4, -0.2) is 33.9 Å². The number of carbonyl (C=O) groups is 1. The Morgan fingerprint density at radius 1 is 1.24 bits per heavy atom. The Morgan fingerprint density at radius 2 is 2.00 bits per heavy atom. The summed E-state index contributed by atoms with van der Waals surface area (Å²) in [5, 5.41) is 7.62. The number of anilines is 1. The van der Waals surface area contributed by atoms with Gasteiger partial charge in [0.15, 0.2) is 12.0 Å². The summed E-state index contributed by atoms with van der Waals surface area (Å²) in [7, 11) is 1.64. The van der Waals surface area contributed by atoms with Crippen LogP contribution >= 0.6 is 0 Å². The van der Waals surface area contributed by atoms with E-state index in [4.69, 9.17) is 10.5 Å². The molecule has 0 spiro atoms. The number of ether oxygens (including phenoxy) is 1. The number of alkyl halides is 4. The maximum absolute atomic E-state index is 15.7. The third kappa shape index (κ3) is 3.38. The first-order valence-corrected chi connectivity index (χ1v) is 10.6. The normalized spacial score (nSPS) is 18.1. The zero-order chi connectivity index (χ0) is 24.3. The molecule has 11 heteroatoms. The lowest BCUT2D eigenvalue weighted by Crippen LogP contribution is -2.50. The molecule has 5 rings (SSSR count). The van der Waals surface area contributed by atoms with Gasteiger partial charge in [-0.1, -0.05) is 12.1 Å². The van der Waals surface area contributed by atoms with Crippen molar-refractivity contribution in [3.8, 4) is 0 Å². The van der Waals surface area contributed by atoms with Crippen LogP contribution in [0.15, 0.2) is 42.7 Å². The molecule has 1 fully saturated rings. The van der Waals surface area contributed by atoms with E-state index in [2.05, 4.69) is 10.2 Å². The number of hydrogen-bond acceptors (Lipinski definition) is 5. The fourth-order valence-electron chi connectivity index (χ4n) is 4.58. The van der Waals surface area contributed by atoms with E-state index in [1.54, 1.807) is 31.3 Å². The van der Waals surface area contributed by atoms with Gasteiger partial charge in [0.25, 0.3) is 5.91 Å². The number of aryl methyl sites for hydroxylation is 1. The van der Waals surface area contributed by atoms with Gasteiger partial charge in [-0.2, -0.15) is 13.2 Å². The molecule has 1 aromatic heterocycles. The first kappa shape index (κ1) is 22.5. The Labute approximate surface area is 192 Å². The topological polar surface area (TPSA) is 86.3 Å². The Kier molecular flexibility index (Phi) is 5.21. The molecule has 2 aromatic carbocycles. The summed E-state index contributed by atoms with van der Waals surface area (Å²) in [4.78, 5) is 14.4. The molecule has 3 heterocycles. The molecule has 3 aromatic rings. The molecule has 0 radical (unpaired) electrons. The number of halogens is 4. The lowest BCUT2D eigenvalue weighted by Gasteiger charge is -2.43. The van der Waals surface area contributed by atoms with Crippen LogP contribution in [0.2, 0.25) is 0 Å². The standard InChI is InChI=1S/C23H21F4N5O2/c1-31-12-29-30-20(31)19(24)22(10-34-11-22)14-3-2-4-15(7-14)32-9-17-16(21(32)33)5-13(8-28)6-18(17)23(25,26)27/h2-7,12,19H,8-11,28H2,1H3/t19-/m1/s1. The van der Waals surface area contributed by atoms with Crippen molar-refractivity contribution in [2.24, 2.45) is 12.8 Å². The number of aromatic nitrogens is 3. The van der Waals surface area contributed by atoms with Crippen molar-refractivity contribution in [2.75, 3.05) is 18.1 Å². The molecule has 0 bridgehead atoms. The van der Waals surface area contributed by atoms with E-state index >= 15 is 4.39 Å². The third-order valence-corrected chi connectivity index (χ3v) is 6.55. The molecule has 0 aliphatic carbocycles. The van der Waals surface area contributed by atoms with Crippen molar-refractivity contribution in [3.05, 3.63) is 76.4 Å². The summed E-state index contributed by atoms with van der Waals surface area (Å²) in [6.45, 7) is -0.182. The molecule has 0 saturated carbocycles. The van der Waals surface area contributed by atoms with Crippen LogP contribution in [0.1, 0.15) is 44.6 Å². The number of nitrogens with zero attached hydrogens (tertiary/aromatic N) is 4. The number of fused-ring (bicyclic) bond motifs is 1. The predicted molar refractivity (Wildman–Crippen MR) is 114 cm³/mol. The van der Waals surface area contributed by atoms with Crippen molar-refractivity contribution in [3.63, 3.8) is 0 Å². The summed E-state index contributed by atoms with van der Waals surface area (Å²) < 4.78 is 63.6. The van der Waals surface area contributed by atoms with Crippen LogP contribution in [0.5, 0.6) is 0 Å². The van der Waals surface area contributed by atoms with E-state index in [1.807, 2.05) is 0 Å². The molecule has 2 N–H and O–H groups in total. The molecule has 0 unspecified atom stereocenters. The van der Waals surface area contributed by atoms with E-state index in [9.17, 15) is 18.0 Å². The smallest absolute Gasteiger partial charge is 0.379 e. The summed E-state index contributed by atoms with van der Waals surface area (Å²) in [5.74, 6) is -0.417. The highest BCUT2D eigenvalue weighted by Crippen LogP contribution is 2.46. The van der Waals surface area contributed by atoms with Crippen molar-refractivity contribution in [1.82, 2.24) is 14.8 Å². The average Bonchev–Trinajstić information content (AvgIpc) is 3.35. The molecule has 2 aliphatic rings. The van der Waals surface area contributed by atoms with Gasteiger partial charge >= 0.3 is 6.18 Å². The van der Waals surface area contributed by atoms with Gasteiger partial charge in [-0.25, -0.2) is 4.39 Å². The van der Waals surface area contributed by atoms with Crippen LogP contribution in [-0.2, 0) is 36.5 Å². The van der Waals surface area contributed by atoms with Crippen molar-refractivity contribution >= 4 is 11.6 Å². The molecular weight excluding hydrogens is 454 g/mol. The highest BCUT2D eigenvalue weighted by Gasteiger charge is 2.51. The quantitative estimate of drug-likeness (QED) is 0.572. The second kappa shape index (κ2) is 7.88. The zero-order valence-corrected chi connectivity index (χ0v) is 18.1. The fourth-order valence-corrected chi connectivity index (χ4v) is 4.58. The van der Waals surface area contributed by atoms with Crippen LogP contribution < -0.4 is 10.6 Å². The van der Waals surface area contributed by atoms with Gasteiger partial charge in [0.2, 0.25) is 0 Å². The van der Waals surface area contributed by atoms with Gasteiger partial charge in [0.05, 0.1) is 30.7 Å². The number of nitrogens with two attached hydrogens (primary N) is 1. The molecule has 1 saturated heterocycles. The minimum atomic E-state index is -4.63. The van der Waals surface area contributed by atoms with Crippen molar-refractivity contribution in [1.29, 1.82) is 0 Å². The largest absolute Gasteiger partial charge is 0.416 e. The Bertz CT molecular complexity index is 1270. The number of amides is 1. The average molecular weight is 475 g/mol. The fraction of sp³-hybridized carbons (Fsp3) is 0.348. The van der Waals surface area contributed by atoms with Crippen LogP contribution in [0.4, 0.5) is 23.2 Å². The van der Waals surface area contributed by atoms with Crippen molar-refractivity contribution < 1.29 is 27.1 Å². The monoisotopic (exact) mass is 475 g/mol. The number of benzene rings is 2. The van der Waals surface area contributed by atoms with E-state index in [0.717, 1.165) is 6.07 Å². The maximum Gasteiger partial charge on any atom is 0.416 e.